The number of nitrogens with zero attached hydrogens (tertiary/aromatic N) is 4. The van der Waals surface area contributed by atoms with Gasteiger partial charge in [-0.15, -0.1) is 5.10 Å². The van der Waals surface area contributed by atoms with E-state index in [9.17, 15) is 13.2 Å². The molecule has 0 saturated carbocycles. The van der Waals surface area contributed by atoms with Crippen molar-refractivity contribution < 1.29 is 13.2 Å². The Bertz CT molecular complexity index is 1150. The molecule has 10 heteroatoms. The number of hydrogen-bond acceptors (Lipinski definition) is 5. The zero-order valence-corrected chi connectivity index (χ0v) is 17.6. The third-order valence-electron chi connectivity index (χ3n) is 4.64. The van der Waals surface area contributed by atoms with Gasteiger partial charge in [0.05, 0.1) is 17.0 Å². The molecule has 1 aromatic heterocycles. The van der Waals surface area contributed by atoms with Crippen LogP contribution in [0.25, 0.3) is 11.0 Å². The quantitative estimate of drug-likeness (QED) is 0.640. The van der Waals surface area contributed by atoms with E-state index in [0.29, 0.717) is 24.1 Å². The van der Waals surface area contributed by atoms with Gasteiger partial charge in [0.1, 0.15) is 5.52 Å². The Balaban J connectivity index is 1.62. The van der Waals surface area contributed by atoms with Gasteiger partial charge in [0.2, 0.25) is 10.0 Å². The Labute approximate surface area is 169 Å². The summed E-state index contributed by atoms with van der Waals surface area (Å²) in [5, 5.41) is 13.7. The molecule has 0 fully saturated rings. The summed E-state index contributed by atoms with van der Waals surface area (Å²) in [5.41, 5.74) is 4.17. The molecular weight excluding hydrogens is 392 g/mol. The summed E-state index contributed by atoms with van der Waals surface area (Å²) < 4.78 is 27.2. The standard InChI is InChI=1S/C19H24N6O3S/c1-13-5-6-15(11-14(13)2)21-19(26)20-9-10-25-18-8-7-16(12-17(18)22-23-25)29(27,28)24(3)4/h5-8,11-12H,9-10H2,1-4H3,(H2,20,21,26). The van der Waals surface area contributed by atoms with Gasteiger partial charge in [-0.3, -0.25) is 0 Å². The van der Waals surface area contributed by atoms with Crippen molar-refractivity contribution in [3.63, 3.8) is 0 Å². The number of carbonyl (C=O) groups excluding carboxylic acids is 1. The number of anilines is 1. The third kappa shape index (κ3) is 4.54. The van der Waals surface area contributed by atoms with Crippen LogP contribution in [-0.2, 0) is 16.6 Å². The lowest BCUT2D eigenvalue weighted by molar-refractivity contribution is 0.251. The number of amides is 2. The molecule has 3 rings (SSSR count). The molecule has 0 aliphatic carbocycles. The molecule has 2 amide bonds. The summed E-state index contributed by atoms with van der Waals surface area (Å²) in [6.07, 6.45) is 0. The first-order valence-corrected chi connectivity index (χ1v) is 10.5. The number of benzene rings is 2. The van der Waals surface area contributed by atoms with Crippen molar-refractivity contribution in [1.82, 2.24) is 24.6 Å². The van der Waals surface area contributed by atoms with E-state index in [-0.39, 0.29) is 10.9 Å². The van der Waals surface area contributed by atoms with Crippen molar-refractivity contribution in [2.45, 2.75) is 25.3 Å². The number of carbonyl (C=O) groups is 1. The highest BCUT2D eigenvalue weighted by Gasteiger charge is 2.18. The summed E-state index contributed by atoms with van der Waals surface area (Å²) in [6, 6.07) is 10.1. The predicted octanol–water partition coefficient (Wildman–Crippen LogP) is 2.12. The number of hydrogen-bond donors (Lipinski definition) is 2. The average Bonchev–Trinajstić information content (AvgIpc) is 3.07. The monoisotopic (exact) mass is 416 g/mol. The fraction of sp³-hybridized carbons (Fsp3) is 0.316. The van der Waals surface area contributed by atoms with Crippen molar-refractivity contribution in [1.29, 1.82) is 0 Å². The summed E-state index contributed by atoms with van der Waals surface area (Å²) in [6.45, 7) is 4.74. The molecule has 0 aliphatic rings. The Kier molecular flexibility index (Phi) is 5.85. The maximum absolute atomic E-state index is 12.2. The number of nitrogens with one attached hydrogen (secondary N) is 2. The van der Waals surface area contributed by atoms with E-state index in [2.05, 4.69) is 20.9 Å². The second-order valence-electron chi connectivity index (χ2n) is 6.93. The molecule has 0 unspecified atom stereocenters. The minimum absolute atomic E-state index is 0.160. The third-order valence-corrected chi connectivity index (χ3v) is 6.45. The molecule has 1 heterocycles. The molecule has 2 aromatic carbocycles. The van der Waals surface area contributed by atoms with Crippen molar-refractivity contribution in [2.24, 2.45) is 0 Å². The van der Waals surface area contributed by atoms with Crippen LogP contribution in [0, 0.1) is 13.8 Å². The Morgan fingerprint density at radius 2 is 1.86 bits per heavy atom. The number of sulfonamides is 1. The first-order valence-electron chi connectivity index (χ1n) is 9.06. The van der Waals surface area contributed by atoms with Gasteiger partial charge >= 0.3 is 6.03 Å². The number of rotatable bonds is 6. The van der Waals surface area contributed by atoms with Gasteiger partial charge in [0.25, 0.3) is 0 Å². The van der Waals surface area contributed by atoms with Crippen LogP contribution in [0.15, 0.2) is 41.3 Å². The Morgan fingerprint density at radius 3 is 2.55 bits per heavy atom. The molecule has 0 bridgehead atoms. The molecule has 29 heavy (non-hydrogen) atoms. The molecule has 0 saturated heterocycles. The topological polar surface area (TPSA) is 109 Å². The van der Waals surface area contributed by atoms with Crippen LogP contribution < -0.4 is 10.6 Å². The summed E-state index contributed by atoms with van der Waals surface area (Å²) >= 11 is 0. The molecule has 9 nitrogen and oxygen atoms in total. The Hall–Kier alpha value is -2.98. The Morgan fingerprint density at radius 1 is 1.10 bits per heavy atom. The smallest absolute Gasteiger partial charge is 0.319 e. The highest BCUT2D eigenvalue weighted by molar-refractivity contribution is 7.89. The van der Waals surface area contributed by atoms with Gasteiger partial charge in [-0.1, -0.05) is 11.3 Å². The second-order valence-corrected chi connectivity index (χ2v) is 9.08. The number of urea groups is 1. The second kappa shape index (κ2) is 8.18. The van der Waals surface area contributed by atoms with Gasteiger partial charge in [-0.05, 0) is 55.3 Å². The van der Waals surface area contributed by atoms with Crippen LogP contribution in [0.1, 0.15) is 11.1 Å². The lowest BCUT2D eigenvalue weighted by atomic mass is 10.1. The number of aryl methyl sites for hydroxylation is 2. The van der Waals surface area contributed by atoms with Gasteiger partial charge in [-0.25, -0.2) is 22.2 Å². The zero-order valence-electron chi connectivity index (χ0n) is 16.8. The maximum Gasteiger partial charge on any atom is 0.319 e. The van der Waals surface area contributed by atoms with Crippen LogP contribution >= 0.6 is 0 Å². The molecule has 0 atom stereocenters. The fourth-order valence-electron chi connectivity index (χ4n) is 2.76. The van der Waals surface area contributed by atoms with Crippen LogP contribution in [-0.4, -0.2) is 54.4 Å². The molecule has 2 N–H and O–H groups in total. The maximum atomic E-state index is 12.2. The van der Waals surface area contributed by atoms with E-state index in [0.717, 1.165) is 21.1 Å². The molecule has 0 radical (unpaired) electrons. The summed E-state index contributed by atoms with van der Waals surface area (Å²) in [4.78, 5) is 12.2. The molecule has 154 valence electrons. The fourth-order valence-corrected chi connectivity index (χ4v) is 3.68. The first-order chi connectivity index (χ1) is 13.7. The lowest BCUT2D eigenvalue weighted by Crippen LogP contribution is -2.31. The largest absolute Gasteiger partial charge is 0.336 e. The predicted molar refractivity (Wildman–Crippen MR) is 111 cm³/mol. The lowest BCUT2D eigenvalue weighted by Gasteiger charge is -2.11. The number of fused-ring (bicyclic) bond motifs is 1. The summed E-state index contributed by atoms with van der Waals surface area (Å²) in [5.74, 6) is 0. The van der Waals surface area contributed by atoms with E-state index < -0.39 is 10.0 Å². The van der Waals surface area contributed by atoms with Gasteiger partial charge < -0.3 is 10.6 Å². The van der Waals surface area contributed by atoms with Gasteiger partial charge in [0, 0.05) is 26.3 Å². The molecule has 0 spiro atoms. The minimum atomic E-state index is -3.53. The zero-order chi connectivity index (χ0) is 21.2. The van der Waals surface area contributed by atoms with E-state index in [1.165, 1.54) is 26.2 Å². The summed E-state index contributed by atoms with van der Waals surface area (Å²) in [7, 11) is -0.577. The average molecular weight is 417 g/mol. The SMILES string of the molecule is Cc1ccc(NC(=O)NCCn2nnc3cc(S(=O)(=O)N(C)C)ccc32)cc1C. The van der Waals surface area contributed by atoms with Gasteiger partial charge in [0.15, 0.2) is 0 Å². The van der Waals surface area contributed by atoms with E-state index >= 15 is 0 Å². The van der Waals surface area contributed by atoms with Crippen LogP contribution in [0.5, 0.6) is 0 Å². The highest BCUT2D eigenvalue weighted by atomic mass is 32.2. The van der Waals surface area contributed by atoms with E-state index in [1.807, 2.05) is 32.0 Å². The van der Waals surface area contributed by atoms with Gasteiger partial charge in [-0.2, -0.15) is 0 Å². The molecule has 3 aromatic rings. The molecule has 0 aliphatic heterocycles. The van der Waals surface area contributed by atoms with E-state index in [4.69, 9.17) is 0 Å². The normalized spacial score (nSPS) is 11.8. The van der Waals surface area contributed by atoms with Crippen molar-refractivity contribution in [3.05, 3.63) is 47.5 Å². The van der Waals surface area contributed by atoms with Crippen molar-refractivity contribution in [3.8, 4) is 0 Å². The van der Waals surface area contributed by atoms with E-state index in [1.54, 1.807) is 10.7 Å². The van der Waals surface area contributed by atoms with Crippen LogP contribution in [0.4, 0.5) is 10.5 Å². The van der Waals surface area contributed by atoms with Crippen molar-refractivity contribution in [2.75, 3.05) is 26.0 Å². The highest BCUT2D eigenvalue weighted by Crippen LogP contribution is 2.19. The first kappa shape index (κ1) is 20.7. The van der Waals surface area contributed by atoms with Crippen LogP contribution in [0.2, 0.25) is 0 Å². The molecular formula is C19H24N6O3S. The van der Waals surface area contributed by atoms with Crippen molar-refractivity contribution >= 4 is 32.8 Å². The number of aromatic nitrogens is 3. The van der Waals surface area contributed by atoms with Crippen LogP contribution in [0.3, 0.4) is 0 Å². The minimum Gasteiger partial charge on any atom is -0.336 e.